The van der Waals surface area contributed by atoms with Crippen LogP contribution in [0.4, 0.5) is 5.69 Å². The number of carbonyl (C=O) groups is 1. The summed E-state index contributed by atoms with van der Waals surface area (Å²) in [7, 11) is 1.57. The minimum Gasteiger partial charge on any atom is -0.493 e. The first kappa shape index (κ1) is 24.3. The average molecular weight is 462 g/mol. The van der Waals surface area contributed by atoms with E-state index >= 15 is 0 Å². The van der Waals surface area contributed by atoms with Crippen molar-refractivity contribution in [1.82, 2.24) is 10.2 Å². The van der Waals surface area contributed by atoms with E-state index in [0.717, 1.165) is 62.6 Å². The van der Waals surface area contributed by atoms with Gasteiger partial charge in [-0.05, 0) is 50.2 Å². The van der Waals surface area contributed by atoms with Gasteiger partial charge >= 0.3 is 0 Å². The number of anilines is 1. The molecule has 2 N–H and O–H groups in total. The highest BCUT2D eigenvalue weighted by Gasteiger charge is 2.13. The zero-order valence-corrected chi connectivity index (χ0v) is 19.5. The summed E-state index contributed by atoms with van der Waals surface area (Å²) in [6, 6.07) is 11.1. The van der Waals surface area contributed by atoms with Crippen molar-refractivity contribution in [1.29, 1.82) is 0 Å². The molecule has 1 aliphatic heterocycles. The number of rotatable bonds is 11. The molecule has 1 saturated heterocycles. The quantitative estimate of drug-likeness (QED) is 0.499. The summed E-state index contributed by atoms with van der Waals surface area (Å²) in [4.78, 5) is 14.6. The Balaban J connectivity index is 1.45. The van der Waals surface area contributed by atoms with Gasteiger partial charge in [-0.25, -0.2) is 0 Å². The standard InChI is InChI=1S/C24H32ClN3O4/c1-18-4-6-20(7-5-18)27-24(29)17-32-23-15-21(25)19(14-22(23)30-2)16-26-8-3-9-28-10-12-31-13-11-28/h4-7,14-15,26H,3,8-13,16-17H2,1-2H3,(H,27,29). The largest absolute Gasteiger partial charge is 0.493 e. The molecule has 0 radical (unpaired) electrons. The Morgan fingerprint density at radius 3 is 2.62 bits per heavy atom. The lowest BCUT2D eigenvalue weighted by Crippen LogP contribution is -2.37. The van der Waals surface area contributed by atoms with Gasteiger partial charge in [-0.15, -0.1) is 0 Å². The van der Waals surface area contributed by atoms with Gasteiger partial charge in [0.25, 0.3) is 5.91 Å². The number of halogens is 1. The zero-order valence-electron chi connectivity index (χ0n) is 18.8. The normalized spacial score (nSPS) is 14.2. The second-order valence-electron chi connectivity index (χ2n) is 7.78. The van der Waals surface area contributed by atoms with E-state index in [-0.39, 0.29) is 12.5 Å². The molecule has 1 heterocycles. The van der Waals surface area contributed by atoms with Crippen LogP contribution in [-0.2, 0) is 16.1 Å². The maximum Gasteiger partial charge on any atom is 0.262 e. The number of nitrogens with one attached hydrogen (secondary N) is 2. The van der Waals surface area contributed by atoms with Gasteiger partial charge in [0.2, 0.25) is 0 Å². The second kappa shape index (κ2) is 12.6. The van der Waals surface area contributed by atoms with E-state index in [1.165, 1.54) is 0 Å². The lowest BCUT2D eigenvalue weighted by Gasteiger charge is -2.26. The Labute approximate surface area is 195 Å². The van der Waals surface area contributed by atoms with Crippen molar-refractivity contribution in [2.45, 2.75) is 19.9 Å². The molecule has 0 bridgehead atoms. The van der Waals surface area contributed by atoms with Crippen LogP contribution in [-0.4, -0.2) is 63.9 Å². The first-order chi connectivity index (χ1) is 15.5. The Morgan fingerprint density at radius 1 is 1.16 bits per heavy atom. The molecule has 0 spiro atoms. The zero-order chi connectivity index (χ0) is 22.8. The van der Waals surface area contributed by atoms with Gasteiger partial charge in [-0.1, -0.05) is 29.3 Å². The Bertz CT molecular complexity index is 870. The monoisotopic (exact) mass is 461 g/mol. The lowest BCUT2D eigenvalue weighted by atomic mass is 10.2. The van der Waals surface area contributed by atoms with Crippen LogP contribution in [0.25, 0.3) is 0 Å². The molecular formula is C24H32ClN3O4. The fraction of sp³-hybridized carbons (Fsp3) is 0.458. The minimum absolute atomic E-state index is 0.139. The molecule has 1 amide bonds. The molecular weight excluding hydrogens is 430 g/mol. The van der Waals surface area contributed by atoms with Crippen molar-refractivity contribution in [2.24, 2.45) is 0 Å². The van der Waals surface area contributed by atoms with Crippen molar-refractivity contribution in [3.05, 3.63) is 52.5 Å². The third kappa shape index (κ3) is 7.67. The molecule has 8 heteroatoms. The maximum absolute atomic E-state index is 12.2. The van der Waals surface area contributed by atoms with Crippen LogP contribution in [0.3, 0.4) is 0 Å². The van der Waals surface area contributed by atoms with E-state index in [9.17, 15) is 4.79 Å². The van der Waals surface area contributed by atoms with Crippen LogP contribution in [0.15, 0.2) is 36.4 Å². The van der Waals surface area contributed by atoms with Crippen LogP contribution < -0.4 is 20.1 Å². The number of morpholine rings is 1. The molecule has 2 aromatic rings. The Morgan fingerprint density at radius 2 is 1.91 bits per heavy atom. The van der Waals surface area contributed by atoms with E-state index in [1.54, 1.807) is 13.2 Å². The molecule has 0 saturated carbocycles. The molecule has 0 atom stereocenters. The van der Waals surface area contributed by atoms with Crippen LogP contribution in [0, 0.1) is 6.92 Å². The van der Waals surface area contributed by atoms with Crippen molar-refractivity contribution >= 4 is 23.2 Å². The fourth-order valence-electron chi connectivity index (χ4n) is 3.44. The molecule has 174 valence electrons. The lowest BCUT2D eigenvalue weighted by molar-refractivity contribution is -0.118. The number of ether oxygens (including phenoxy) is 3. The second-order valence-corrected chi connectivity index (χ2v) is 8.19. The van der Waals surface area contributed by atoms with E-state index in [2.05, 4.69) is 15.5 Å². The highest BCUT2D eigenvalue weighted by molar-refractivity contribution is 6.31. The predicted molar refractivity (Wildman–Crippen MR) is 127 cm³/mol. The van der Waals surface area contributed by atoms with Crippen molar-refractivity contribution in [2.75, 3.05) is 58.4 Å². The highest BCUT2D eigenvalue weighted by Crippen LogP contribution is 2.33. The smallest absolute Gasteiger partial charge is 0.262 e. The van der Waals surface area contributed by atoms with Gasteiger partial charge in [0.15, 0.2) is 18.1 Å². The first-order valence-electron chi connectivity index (χ1n) is 10.9. The molecule has 0 aliphatic carbocycles. The average Bonchev–Trinajstić information content (AvgIpc) is 2.80. The van der Waals surface area contributed by atoms with Crippen molar-refractivity contribution in [3.8, 4) is 11.5 Å². The fourth-order valence-corrected chi connectivity index (χ4v) is 3.66. The van der Waals surface area contributed by atoms with E-state index < -0.39 is 0 Å². The summed E-state index contributed by atoms with van der Waals surface area (Å²) in [5.41, 5.74) is 2.78. The SMILES string of the molecule is COc1cc(CNCCCN2CCOCC2)c(Cl)cc1OCC(=O)Nc1ccc(C)cc1. The van der Waals surface area contributed by atoms with Gasteiger partial charge in [0, 0.05) is 36.4 Å². The number of benzene rings is 2. The molecule has 32 heavy (non-hydrogen) atoms. The van der Waals surface area contributed by atoms with Crippen LogP contribution in [0.1, 0.15) is 17.5 Å². The summed E-state index contributed by atoms with van der Waals surface area (Å²) in [6.07, 6.45) is 1.06. The summed E-state index contributed by atoms with van der Waals surface area (Å²) < 4.78 is 16.5. The molecule has 1 fully saturated rings. The van der Waals surface area contributed by atoms with Gasteiger partial charge in [0.1, 0.15) is 0 Å². The highest BCUT2D eigenvalue weighted by atomic mass is 35.5. The number of hydrogen-bond donors (Lipinski definition) is 2. The maximum atomic E-state index is 12.2. The number of methoxy groups -OCH3 is 1. The molecule has 3 rings (SSSR count). The number of carbonyl (C=O) groups excluding carboxylic acids is 1. The Kier molecular flexibility index (Phi) is 9.62. The van der Waals surface area contributed by atoms with Gasteiger partial charge in [-0.3, -0.25) is 9.69 Å². The number of aryl methyl sites for hydroxylation is 1. The van der Waals surface area contributed by atoms with Crippen LogP contribution in [0.2, 0.25) is 5.02 Å². The van der Waals surface area contributed by atoms with Gasteiger partial charge < -0.3 is 24.8 Å². The first-order valence-corrected chi connectivity index (χ1v) is 11.3. The van der Waals surface area contributed by atoms with Gasteiger partial charge in [0.05, 0.1) is 20.3 Å². The summed E-state index contributed by atoms with van der Waals surface area (Å²) >= 11 is 6.45. The van der Waals surface area contributed by atoms with E-state index in [1.807, 2.05) is 37.3 Å². The Hall–Kier alpha value is -2.32. The predicted octanol–water partition coefficient (Wildman–Crippen LogP) is 3.49. The van der Waals surface area contributed by atoms with E-state index in [4.69, 9.17) is 25.8 Å². The van der Waals surface area contributed by atoms with Crippen LogP contribution >= 0.6 is 11.6 Å². The third-order valence-electron chi connectivity index (χ3n) is 5.27. The number of hydrogen-bond acceptors (Lipinski definition) is 6. The molecule has 0 aromatic heterocycles. The number of nitrogens with zero attached hydrogens (tertiary/aromatic N) is 1. The molecule has 0 unspecified atom stereocenters. The number of amides is 1. The molecule has 1 aliphatic rings. The van der Waals surface area contributed by atoms with E-state index in [0.29, 0.717) is 23.1 Å². The summed E-state index contributed by atoms with van der Waals surface area (Å²) in [5.74, 6) is 0.730. The topological polar surface area (TPSA) is 72.1 Å². The summed E-state index contributed by atoms with van der Waals surface area (Å²) in [6.45, 7) is 8.11. The summed E-state index contributed by atoms with van der Waals surface area (Å²) in [5, 5.41) is 6.81. The molecule has 2 aromatic carbocycles. The third-order valence-corrected chi connectivity index (χ3v) is 5.63. The van der Waals surface area contributed by atoms with Crippen molar-refractivity contribution in [3.63, 3.8) is 0 Å². The minimum atomic E-state index is -0.252. The molecule has 7 nitrogen and oxygen atoms in total. The van der Waals surface area contributed by atoms with Crippen LogP contribution in [0.5, 0.6) is 11.5 Å². The van der Waals surface area contributed by atoms with Crippen molar-refractivity contribution < 1.29 is 19.0 Å². The van der Waals surface area contributed by atoms with Gasteiger partial charge in [-0.2, -0.15) is 0 Å².